The van der Waals surface area contributed by atoms with E-state index < -0.39 is 23.7 Å². The van der Waals surface area contributed by atoms with E-state index in [-0.39, 0.29) is 11.3 Å². The lowest BCUT2D eigenvalue weighted by Crippen LogP contribution is -2.33. The van der Waals surface area contributed by atoms with E-state index in [1.165, 1.54) is 18.2 Å². The average Bonchev–Trinajstić information content (AvgIpc) is 3.47. The molecule has 3 aromatic rings. The molecule has 1 atom stereocenters. The summed E-state index contributed by atoms with van der Waals surface area (Å²) in [7, 11) is 1.30. The number of carbonyl (C=O) groups excluding carboxylic acids is 3. The summed E-state index contributed by atoms with van der Waals surface area (Å²) in [6.45, 7) is 8.84. The molecule has 1 saturated heterocycles. The third-order valence-corrected chi connectivity index (χ3v) is 7.22. The summed E-state index contributed by atoms with van der Waals surface area (Å²) in [6.07, 6.45) is 2.17. The van der Waals surface area contributed by atoms with Gasteiger partial charge in [-0.3, -0.25) is 9.59 Å². The number of aromatic nitrogens is 2. The van der Waals surface area contributed by atoms with Crippen LogP contribution in [0.3, 0.4) is 0 Å². The predicted octanol–water partition coefficient (Wildman–Crippen LogP) is 4.12. The number of Topliss-reactive ketones (excluding diaryl/α,β-unsaturated/α-hetero) is 1. The molecule has 4 rings (SSSR count). The molecule has 1 N–H and O–H groups in total. The molecule has 9 heteroatoms. The molecule has 1 aliphatic rings. The van der Waals surface area contributed by atoms with Crippen molar-refractivity contribution in [3.05, 3.63) is 88.8 Å². The zero-order valence-corrected chi connectivity index (χ0v) is 22.8. The Kier molecular flexibility index (Phi) is 8.61. The standard InChI is InChI=1S/C30H34N4O5/c1-5-32(6-2)17-10-18-33-26(21-13-15-22(16-14-21)30(38)39-4)25(28(36)29(33)37)27(35)24-19-31-34(20(24)3)23-11-8-7-9-12-23/h7-9,11-16,19,26,35H,5-6,10,17-18H2,1-4H3/b27-25+. The van der Waals surface area contributed by atoms with Crippen LogP contribution < -0.4 is 0 Å². The largest absolute Gasteiger partial charge is 0.507 e. The summed E-state index contributed by atoms with van der Waals surface area (Å²) in [5.74, 6) is -2.17. The van der Waals surface area contributed by atoms with Crippen LogP contribution in [-0.2, 0) is 14.3 Å². The maximum absolute atomic E-state index is 13.4. The molecule has 9 nitrogen and oxygen atoms in total. The molecule has 1 fully saturated rings. The van der Waals surface area contributed by atoms with Gasteiger partial charge >= 0.3 is 5.97 Å². The first-order chi connectivity index (χ1) is 18.8. The topological polar surface area (TPSA) is 105 Å². The SMILES string of the molecule is CCN(CC)CCCN1C(=O)C(=O)/C(=C(/O)c2cnn(-c3ccccc3)c2C)C1c1ccc(C(=O)OC)cc1. The van der Waals surface area contributed by atoms with E-state index in [1.807, 2.05) is 30.3 Å². The summed E-state index contributed by atoms with van der Waals surface area (Å²) < 4.78 is 6.48. The highest BCUT2D eigenvalue weighted by atomic mass is 16.5. The first-order valence-electron chi connectivity index (χ1n) is 13.1. The minimum absolute atomic E-state index is 0.00405. The van der Waals surface area contributed by atoms with Gasteiger partial charge in [0.15, 0.2) is 0 Å². The molecular weight excluding hydrogens is 496 g/mol. The van der Waals surface area contributed by atoms with Crippen molar-refractivity contribution >= 4 is 23.4 Å². The van der Waals surface area contributed by atoms with E-state index in [0.29, 0.717) is 35.3 Å². The predicted molar refractivity (Wildman–Crippen MR) is 147 cm³/mol. The second-order valence-corrected chi connectivity index (χ2v) is 9.38. The number of para-hydroxylation sites is 1. The fraction of sp³-hybridized carbons (Fsp3) is 0.333. The van der Waals surface area contributed by atoms with Crippen LogP contribution in [-0.4, -0.2) is 75.6 Å². The van der Waals surface area contributed by atoms with Gasteiger partial charge in [0.2, 0.25) is 0 Å². The van der Waals surface area contributed by atoms with Crippen molar-refractivity contribution in [2.45, 2.75) is 33.2 Å². The minimum atomic E-state index is -0.812. The normalized spacial score (nSPS) is 16.7. The highest BCUT2D eigenvalue weighted by Crippen LogP contribution is 2.40. The monoisotopic (exact) mass is 530 g/mol. The highest BCUT2D eigenvalue weighted by molar-refractivity contribution is 6.46. The molecule has 0 spiro atoms. The number of carbonyl (C=O) groups is 3. The molecule has 1 aliphatic heterocycles. The molecule has 1 unspecified atom stereocenters. The molecule has 1 amide bonds. The fourth-order valence-corrected chi connectivity index (χ4v) is 5.00. The lowest BCUT2D eigenvalue weighted by molar-refractivity contribution is -0.140. The van der Waals surface area contributed by atoms with Crippen molar-refractivity contribution in [3.8, 4) is 5.69 Å². The van der Waals surface area contributed by atoms with Gasteiger partial charge in [-0.15, -0.1) is 0 Å². The van der Waals surface area contributed by atoms with Gasteiger partial charge in [0.25, 0.3) is 11.7 Å². The van der Waals surface area contributed by atoms with Crippen LogP contribution in [0.5, 0.6) is 0 Å². The first-order valence-corrected chi connectivity index (χ1v) is 13.1. The lowest BCUT2D eigenvalue weighted by atomic mass is 9.94. The van der Waals surface area contributed by atoms with Gasteiger partial charge in [0, 0.05) is 6.54 Å². The number of hydrogen-bond acceptors (Lipinski definition) is 7. The minimum Gasteiger partial charge on any atom is -0.507 e. The Morgan fingerprint density at radius 2 is 1.72 bits per heavy atom. The van der Waals surface area contributed by atoms with Crippen LogP contribution in [0.1, 0.15) is 53.5 Å². The van der Waals surface area contributed by atoms with E-state index in [1.54, 1.807) is 35.9 Å². The van der Waals surface area contributed by atoms with Crippen LogP contribution in [0, 0.1) is 6.92 Å². The molecule has 39 heavy (non-hydrogen) atoms. The Morgan fingerprint density at radius 1 is 1.05 bits per heavy atom. The average molecular weight is 531 g/mol. The Labute approximate surface area is 228 Å². The molecule has 0 radical (unpaired) electrons. The fourth-order valence-electron chi connectivity index (χ4n) is 5.00. The van der Waals surface area contributed by atoms with E-state index in [0.717, 1.165) is 25.3 Å². The van der Waals surface area contributed by atoms with Gasteiger partial charge in [-0.1, -0.05) is 44.2 Å². The third-order valence-electron chi connectivity index (χ3n) is 7.22. The Bertz CT molecular complexity index is 1370. The van der Waals surface area contributed by atoms with Crippen LogP contribution in [0.25, 0.3) is 11.4 Å². The highest BCUT2D eigenvalue weighted by Gasteiger charge is 2.46. The van der Waals surface area contributed by atoms with Gasteiger partial charge in [-0.05, 0) is 62.8 Å². The van der Waals surface area contributed by atoms with Crippen molar-refractivity contribution in [3.63, 3.8) is 0 Å². The Morgan fingerprint density at radius 3 is 2.33 bits per heavy atom. The zero-order chi connectivity index (χ0) is 28.1. The smallest absolute Gasteiger partial charge is 0.337 e. The van der Waals surface area contributed by atoms with Crippen molar-refractivity contribution in [1.29, 1.82) is 0 Å². The van der Waals surface area contributed by atoms with E-state index in [9.17, 15) is 19.5 Å². The van der Waals surface area contributed by atoms with E-state index in [4.69, 9.17) is 4.74 Å². The van der Waals surface area contributed by atoms with Crippen LogP contribution >= 0.6 is 0 Å². The van der Waals surface area contributed by atoms with Gasteiger partial charge in [-0.25, -0.2) is 9.48 Å². The van der Waals surface area contributed by atoms with E-state index >= 15 is 0 Å². The Balaban J connectivity index is 1.77. The molecule has 2 heterocycles. The number of aliphatic hydroxyl groups is 1. The van der Waals surface area contributed by atoms with Crippen LogP contribution in [0.15, 0.2) is 66.4 Å². The van der Waals surface area contributed by atoms with Crippen molar-refractivity contribution in [2.24, 2.45) is 0 Å². The summed E-state index contributed by atoms with van der Waals surface area (Å²) in [5, 5.41) is 15.9. The lowest BCUT2D eigenvalue weighted by Gasteiger charge is -2.27. The van der Waals surface area contributed by atoms with Gasteiger partial charge in [0.1, 0.15) is 5.76 Å². The number of esters is 1. The number of nitrogens with zero attached hydrogens (tertiary/aromatic N) is 4. The van der Waals surface area contributed by atoms with Crippen molar-refractivity contribution < 1.29 is 24.2 Å². The Hall–Kier alpha value is -4.24. The van der Waals surface area contributed by atoms with E-state index in [2.05, 4.69) is 23.8 Å². The van der Waals surface area contributed by atoms with Crippen LogP contribution in [0.4, 0.5) is 0 Å². The second kappa shape index (κ2) is 12.1. The number of hydrogen-bond donors (Lipinski definition) is 1. The number of likely N-dealkylation sites (tertiary alicyclic amines) is 1. The van der Waals surface area contributed by atoms with Crippen molar-refractivity contribution in [1.82, 2.24) is 19.6 Å². The summed E-state index contributed by atoms with van der Waals surface area (Å²) in [6, 6.07) is 15.2. The maximum Gasteiger partial charge on any atom is 0.337 e. The number of amides is 1. The van der Waals surface area contributed by atoms with Gasteiger partial charge < -0.3 is 19.6 Å². The maximum atomic E-state index is 13.4. The number of ketones is 1. The molecule has 1 aromatic heterocycles. The molecular formula is C30H34N4O5. The quantitative estimate of drug-likeness (QED) is 0.182. The molecule has 0 bridgehead atoms. The molecule has 2 aromatic carbocycles. The van der Waals surface area contributed by atoms with Gasteiger partial charge in [-0.2, -0.15) is 5.10 Å². The molecule has 0 saturated carbocycles. The summed E-state index contributed by atoms with van der Waals surface area (Å²) >= 11 is 0. The number of rotatable bonds is 10. The third kappa shape index (κ3) is 5.49. The molecule has 0 aliphatic carbocycles. The number of methoxy groups -OCH3 is 1. The second-order valence-electron chi connectivity index (χ2n) is 9.38. The van der Waals surface area contributed by atoms with Crippen LogP contribution in [0.2, 0.25) is 0 Å². The number of benzene rings is 2. The first kappa shape index (κ1) is 27.8. The molecule has 204 valence electrons. The summed E-state index contributed by atoms with van der Waals surface area (Å²) in [4.78, 5) is 42.5. The van der Waals surface area contributed by atoms with Gasteiger partial charge in [0.05, 0.1) is 47.4 Å². The number of ether oxygens (including phenoxy) is 1. The zero-order valence-electron chi connectivity index (χ0n) is 22.8. The summed E-state index contributed by atoms with van der Waals surface area (Å²) in [5.41, 5.74) is 2.77. The number of aliphatic hydroxyl groups excluding tert-OH is 1. The van der Waals surface area contributed by atoms with Crippen molar-refractivity contribution in [2.75, 3.05) is 33.3 Å².